The van der Waals surface area contributed by atoms with Crippen LogP contribution in [0.15, 0.2) is 11.8 Å². The topological polar surface area (TPSA) is 33.1 Å². The van der Waals surface area contributed by atoms with Crippen LogP contribution < -0.4 is 0 Å². The van der Waals surface area contributed by atoms with E-state index < -0.39 is 0 Å². The van der Waals surface area contributed by atoms with Crippen molar-refractivity contribution >= 4 is 5.90 Å². The third-order valence-electron chi connectivity index (χ3n) is 0.882. The summed E-state index contributed by atoms with van der Waals surface area (Å²) in [7, 11) is 0. The van der Waals surface area contributed by atoms with Crippen molar-refractivity contribution in [3.8, 4) is 0 Å². The van der Waals surface area contributed by atoms with Gasteiger partial charge in [0.1, 0.15) is 0 Å². The van der Waals surface area contributed by atoms with Gasteiger partial charge in [-0.15, -0.1) is 0 Å². The second kappa shape index (κ2) is 4.09. The predicted octanol–water partition coefficient (Wildman–Crippen LogP) is 2.56. The van der Waals surface area contributed by atoms with Crippen molar-refractivity contribution in [3.63, 3.8) is 0 Å². The average Bonchev–Trinajstić information content (AvgIpc) is 1.58. The SMILES string of the molecule is CC(=N)O/C(C)=C/C(C)C. The van der Waals surface area contributed by atoms with Crippen LogP contribution >= 0.6 is 0 Å². The number of hydrogen-bond acceptors (Lipinski definition) is 2. The van der Waals surface area contributed by atoms with Crippen LogP contribution in [0.3, 0.4) is 0 Å². The Kier molecular flexibility index (Phi) is 3.77. The van der Waals surface area contributed by atoms with E-state index in [4.69, 9.17) is 10.1 Å². The number of hydrogen-bond donors (Lipinski definition) is 1. The Morgan fingerprint density at radius 1 is 1.40 bits per heavy atom. The lowest BCUT2D eigenvalue weighted by molar-refractivity contribution is 0.404. The van der Waals surface area contributed by atoms with Gasteiger partial charge in [-0.05, 0) is 18.9 Å². The van der Waals surface area contributed by atoms with E-state index in [-0.39, 0.29) is 5.90 Å². The molecule has 0 saturated heterocycles. The molecule has 0 aliphatic heterocycles. The smallest absolute Gasteiger partial charge is 0.183 e. The molecular weight excluding hydrogens is 126 g/mol. The molecule has 0 heterocycles. The largest absolute Gasteiger partial charge is 0.449 e. The second-order valence-electron chi connectivity index (χ2n) is 2.68. The Balaban J connectivity index is 3.82. The van der Waals surface area contributed by atoms with Gasteiger partial charge >= 0.3 is 0 Å². The molecule has 10 heavy (non-hydrogen) atoms. The molecule has 0 saturated carbocycles. The minimum atomic E-state index is 0.245. The summed E-state index contributed by atoms with van der Waals surface area (Å²) in [6.45, 7) is 7.63. The zero-order valence-electron chi connectivity index (χ0n) is 7.06. The molecule has 0 rings (SSSR count). The van der Waals surface area contributed by atoms with E-state index in [0.717, 1.165) is 5.76 Å². The first-order chi connectivity index (χ1) is 4.52. The van der Waals surface area contributed by atoms with Crippen LogP contribution in [0.5, 0.6) is 0 Å². The summed E-state index contributed by atoms with van der Waals surface area (Å²) >= 11 is 0. The summed E-state index contributed by atoms with van der Waals surface area (Å²) < 4.78 is 5.01. The first-order valence-electron chi connectivity index (χ1n) is 3.43. The second-order valence-corrected chi connectivity index (χ2v) is 2.68. The van der Waals surface area contributed by atoms with Crippen LogP contribution in [-0.4, -0.2) is 5.90 Å². The van der Waals surface area contributed by atoms with E-state index in [1.807, 2.05) is 13.0 Å². The van der Waals surface area contributed by atoms with Gasteiger partial charge in [-0.2, -0.15) is 0 Å². The van der Waals surface area contributed by atoms with Crippen molar-refractivity contribution < 1.29 is 4.74 Å². The van der Waals surface area contributed by atoms with Crippen LogP contribution in [-0.2, 0) is 4.74 Å². The lowest BCUT2D eigenvalue weighted by atomic mass is 10.2. The number of rotatable bonds is 2. The molecule has 0 atom stereocenters. The van der Waals surface area contributed by atoms with E-state index in [9.17, 15) is 0 Å². The minimum absolute atomic E-state index is 0.245. The van der Waals surface area contributed by atoms with E-state index >= 15 is 0 Å². The van der Waals surface area contributed by atoms with Crippen molar-refractivity contribution in [1.82, 2.24) is 0 Å². The summed E-state index contributed by atoms with van der Waals surface area (Å²) in [5, 5.41) is 7.01. The zero-order chi connectivity index (χ0) is 8.15. The van der Waals surface area contributed by atoms with Crippen molar-refractivity contribution in [1.29, 1.82) is 5.41 Å². The molecule has 0 aliphatic rings. The molecular formula is C8H15NO. The van der Waals surface area contributed by atoms with E-state index in [1.54, 1.807) is 6.92 Å². The predicted molar refractivity (Wildman–Crippen MR) is 43.1 cm³/mol. The Hall–Kier alpha value is -0.790. The number of nitrogens with one attached hydrogen (secondary N) is 1. The first-order valence-corrected chi connectivity index (χ1v) is 3.43. The molecule has 0 aromatic carbocycles. The molecule has 0 unspecified atom stereocenters. The molecule has 1 N–H and O–H groups in total. The van der Waals surface area contributed by atoms with E-state index in [0.29, 0.717) is 5.92 Å². The standard InChI is InChI=1S/C8H15NO/c1-6(2)5-7(3)10-8(4)9/h5-6,9H,1-4H3/b7-5+,9-8?. The van der Waals surface area contributed by atoms with Crippen molar-refractivity contribution in [3.05, 3.63) is 11.8 Å². The average molecular weight is 141 g/mol. The summed E-state index contributed by atoms with van der Waals surface area (Å²) in [5.74, 6) is 1.54. The lowest BCUT2D eigenvalue weighted by Gasteiger charge is -2.03. The maximum absolute atomic E-state index is 7.01. The van der Waals surface area contributed by atoms with Gasteiger partial charge in [-0.1, -0.05) is 13.8 Å². The Morgan fingerprint density at radius 2 is 1.90 bits per heavy atom. The summed E-state index contributed by atoms with van der Waals surface area (Å²) in [5.41, 5.74) is 0. The van der Waals surface area contributed by atoms with E-state index in [2.05, 4.69) is 13.8 Å². The molecule has 0 radical (unpaired) electrons. The van der Waals surface area contributed by atoms with Crippen LogP contribution in [0.25, 0.3) is 0 Å². The maximum atomic E-state index is 7.01. The maximum Gasteiger partial charge on any atom is 0.183 e. The molecule has 0 bridgehead atoms. The summed E-state index contributed by atoms with van der Waals surface area (Å²) in [4.78, 5) is 0. The minimum Gasteiger partial charge on any atom is -0.449 e. The van der Waals surface area contributed by atoms with Crippen molar-refractivity contribution in [2.45, 2.75) is 27.7 Å². The normalized spacial score (nSPS) is 11.9. The monoisotopic (exact) mass is 141 g/mol. The fourth-order valence-corrected chi connectivity index (χ4v) is 0.745. The van der Waals surface area contributed by atoms with Crippen molar-refractivity contribution in [2.24, 2.45) is 5.92 Å². The fourth-order valence-electron chi connectivity index (χ4n) is 0.745. The molecule has 0 amide bonds. The van der Waals surface area contributed by atoms with Crippen LogP contribution in [0.4, 0.5) is 0 Å². The van der Waals surface area contributed by atoms with Crippen LogP contribution in [0, 0.1) is 11.3 Å². The molecule has 0 aromatic heterocycles. The first kappa shape index (κ1) is 9.21. The molecule has 58 valence electrons. The Morgan fingerprint density at radius 3 is 2.20 bits per heavy atom. The third-order valence-corrected chi connectivity index (χ3v) is 0.882. The third kappa shape index (κ3) is 5.35. The van der Waals surface area contributed by atoms with Gasteiger partial charge in [0.05, 0.1) is 5.76 Å². The molecule has 0 aliphatic carbocycles. The highest BCUT2D eigenvalue weighted by atomic mass is 16.5. The van der Waals surface area contributed by atoms with Gasteiger partial charge in [0.25, 0.3) is 0 Å². The summed E-state index contributed by atoms with van der Waals surface area (Å²) in [6.07, 6.45) is 1.98. The highest BCUT2D eigenvalue weighted by Gasteiger charge is 1.92. The Labute approximate surface area is 62.4 Å². The molecule has 0 fully saturated rings. The molecule has 2 nitrogen and oxygen atoms in total. The van der Waals surface area contributed by atoms with Crippen LogP contribution in [0.1, 0.15) is 27.7 Å². The van der Waals surface area contributed by atoms with Gasteiger partial charge in [0.15, 0.2) is 5.90 Å². The highest BCUT2D eigenvalue weighted by Crippen LogP contribution is 2.02. The quantitative estimate of drug-likeness (QED) is 0.358. The Bertz CT molecular complexity index is 147. The lowest BCUT2D eigenvalue weighted by Crippen LogP contribution is -1.95. The van der Waals surface area contributed by atoms with Gasteiger partial charge in [0, 0.05) is 6.92 Å². The number of ether oxygens (including phenoxy) is 1. The molecule has 2 heteroatoms. The van der Waals surface area contributed by atoms with Gasteiger partial charge < -0.3 is 4.74 Å². The fraction of sp³-hybridized carbons (Fsp3) is 0.625. The van der Waals surface area contributed by atoms with Gasteiger partial charge in [-0.25, -0.2) is 0 Å². The zero-order valence-corrected chi connectivity index (χ0v) is 7.06. The summed E-state index contributed by atoms with van der Waals surface area (Å²) in [6, 6.07) is 0. The van der Waals surface area contributed by atoms with Crippen LogP contribution in [0.2, 0.25) is 0 Å². The van der Waals surface area contributed by atoms with E-state index in [1.165, 1.54) is 0 Å². The number of allylic oxidation sites excluding steroid dienone is 2. The molecule has 0 spiro atoms. The molecule has 0 aromatic rings. The highest BCUT2D eigenvalue weighted by molar-refractivity contribution is 5.70. The van der Waals surface area contributed by atoms with Gasteiger partial charge in [-0.3, -0.25) is 5.41 Å². The van der Waals surface area contributed by atoms with Gasteiger partial charge in [0.2, 0.25) is 0 Å². The van der Waals surface area contributed by atoms with Crippen molar-refractivity contribution in [2.75, 3.05) is 0 Å².